The fourth-order valence-corrected chi connectivity index (χ4v) is 5.01. The van der Waals surface area contributed by atoms with E-state index in [1.165, 1.54) is 0 Å². The summed E-state index contributed by atoms with van der Waals surface area (Å²) >= 11 is 0. The molecule has 0 unspecified atom stereocenters. The van der Waals surface area contributed by atoms with Gasteiger partial charge in [0.1, 0.15) is 11.3 Å². The smallest absolute Gasteiger partial charge is 0.339 e. The summed E-state index contributed by atoms with van der Waals surface area (Å²) in [6, 6.07) is 5.47. The largest absolute Gasteiger partial charge is 0.506 e. The molecule has 2 aromatic carbocycles. The maximum Gasteiger partial charge on any atom is 0.339 e. The van der Waals surface area contributed by atoms with E-state index in [0.29, 0.717) is 52.2 Å². The van der Waals surface area contributed by atoms with Crippen LogP contribution in [0.4, 0.5) is 0 Å². The third-order valence-corrected chi connectivity index (χ3v) is 6.56. The van der Waals surface area contributed by atoms with E-state index in [2.05, 4.69) is 10.5 Å². The lowest BCUT2D eigenvalue weighted by Crippen LogP contribution is -2.11. The van der Waals surface area contributed by atoms with Crippen molar-refractivity contribution in [3.05, 3.63) is 56.4 Å². The summed E-state index contributed by atoms with van der Waals surface area (Å²) in [5.74, 6) is 1.79. The third-order valence-electron chi connectivity index (χ3n) is 6.56. The van der Waals surface area contributed by atoms with Crippen molar-refractivity contribution in [3.63, 3.8) is 0 Å². The number of nitrogens with zero attached hydrogens (tertiary/aromatic N) is 1. The normalized spacial score (nSPS) is 17.0. The second-order valence-corrected chi connectivity index (χ2v) is 8.39. The lowest BCUT2D eigenvalue weighted by molar-refractivity contribution is 0.323. The van der Waals surface area contributed by atoms with Gasteiger partial charge in [-0.2, -0.15) is 5.10 Å². The number of hydrogen-bond donors (Lipinski definition) is 2. The van der Waals surface area contributed by atoms with E-state index in [1.54, 1.807) is 21.3 Å². The number of ether oxygens (including phenoxy) is 3. The lowest BCUT2D eigenvalue weighted by Gasteiger charge is -2.17. The molecule has 0 radical (unpaired) electrons. The topological polar surface area (TPSA) is 103 Å². The molecule has 8 nitrogen and oxygen atoms in total. The standard InChI is InChI=1S/C25H26N2O6/c1-12-8-18-22(14-6-5-7-15(14)25(29)33-18)23(28)21(12)17-11-16(26-27-17)13-9-19(30-2)24(32-4)20(10-13)31-3/h8-10,16,26,28H,5-7,11H2,1-4H3/t16-/m0/s1. The Bertz CT molecular complexity index is 1330. The van der Waals surface area contributed by atoms with Crippen LogP contribution in [0.5, 0.6) is 23.0 Å². The highest BCUT2D eigenvalue weighted by atomic mass is 16.5. The van der Waals surface area contributed by atoms with E-state index in [-0.39, 0.29) is 17.4 Å². The summed E-state index contributed by atoms with van der Waals surface area (Å²) in [7, 11) is 4.73. The predicted molar refractivity (Wildman–Crippen MR) is 124 cm³/mol. The Morgan fingerprint density at radius 2 is 1.76 bits per heavy atom. The van der Waals surface area contributed by atoms with Crippen LogP contribution < -0.4 is 25.3 Å². The van der Waals surface area contributed by atoms with Crippen LogP contribution in [0.3, 0.4) is 0 Å². The monoisotopic (exact) mass is 450 g/mol. The molecular formula is C25H26N2O6. The molecule has 0 bridgehead atoms. The zero-order chi connectivity index (χ0) is 23.3. The second-order valence-electron chi connectivity index (χ2n) is 8.39. The molecule has 1 aliphatic carbocycles. The number of phenolic OH excluding ortho intramolecular Hbond substituents is 1. The molecule has 33 heavy (non-hydrogen) atoms. The maximum atomic E-state index is 12.3. The number of benzene rings is 2. The number of nitrogens with one attached hydrogen (secondary N) is 1. The van der Waals surface area contributed by atoms with Gasteiger partial charge in [0.05, 0.1) is 38.5 Å². The molecule has 1 atom stereocenters. The van der Waals surface area contributed by atoms with E-state index in [1.807, 2.05) is 25.1 Å². The molecule has 1 aliphatic heterocycles. The Balaban J connectivity index is 1.55. The van der Waals surface area contributed by atoms with Crippen LogP contribution in [0.15, 0.2) is 32.5 Å². The van der Waals surface area contributed by atoms with Crippen LogP contribution >= 0.6 is 0 Å². The zero-order valence-corrected chi connectivity index (χ0v) is 19.1. The van der Waals surface area contributed by atoms with E-state index >= 15 is 0 Å². The Labute approximate surface area is 190 Å². The molecule has 172 valence electrons. The molecule has 2 heterocycles. The number of rotatable bonds is 5. The van der Waals surface area contributed by atoms with Crippen molar-refractivity contribution in [2.75, 3.05) is 21.3 Å². The van der Waals surface area contributed by atoms with Crippen LogP contribution in [0, 0.1) is 6.92 Å². The number of methoxy groups -OCH3 is 3. The van der Waals surface area contributed by atoms with Crippen molar-refractivity contribution in [1.82, 2.24) is 5.43 Å². The first-order valence-electron chi connectivity index (χ1n) is 10.9. The van der Waals surface area contributed by atoms with Crippen molar-refractivity contribution >= 4 is 16.7 Å². The molecule has 0 spiro atoms. The molecular weight excluding hydrogens is 424 g/mol. The fourth-order valence-electron chi connectivity index (χ4n) is 5.01. The SMILES string of the molecule is COc1cc([C@@H]2CC(c3c(C)cc4oc(=O)c5c(c4c3O)CCC5)=NN2)cc(OC)c1OC. The van der Waals surface area contributed by atoms with Gasteiger partial charge in [-0.15, -0.1) is 0 Å². The summed E-state index contributed by atoms with van der Waals surface area (Å²) < 4.78 is 21.9. The average Bonchev–Trinajstić information content (AvgIpc) is 3.48. The molecule has 3 aromatic rings. The van der Waals surface area contributed by atoms with Crippen LogP contribution in [0.25, 0.3) is 11.0 Å². The maximum absolute atomic E-state index is 12.3. The van der Waals surface area contributed by atoms with Gasteiger partial charge >= 0.3 is 5.63 Å². The van der Waals surface area contributed by atoms with Gasteiger partial charge < -0.3 is 29.2 Å². The molecule has 2 aliphatic rings. The van der Waals surface area contributed by atoms with Crippen LogP contribution in [0.1, 0.15) is 46.7 Å². The van der Waals surface area contributed by atoms with Gasteiger partial charge in [-0.25, -0.2) is 4.79 Å². The quantitative estimate of drug-likeness (QED) is 0.571. The second kappa shape index (κ2) is 8.03. The number of hydrogen-bond acceptors (Lipinski definition) is 8. The molecule has 0 saturated carbocycles. The lowest BCUT2D eigenvalue weighted by atomic mass is 9.92. The van der Waals surface area contributed by atoms with Gasteiger partial charge in [0.15, 0.2) is 11.5 Å². The van der Waals surface area contributed by atoms with Crippen molar-refractivity contribution in [3.8, 4) is 23.0 Å². The minimum absolute atomic E-state index is 0.123. The van der Waals surface area contributed by atoms with Gasteiger partial charge in [-0.05, 0) is 61.1 Å². The minimum atomic E-state index is -0.302. The minimum Gasteiger partial charge on any atom is -0.506 e. The number of phenols is 1. The predicted octanol–water partition coefficient (Wildman–Crippen LogP) is 3.76. The first-order chi connectivity index (χ1) is 16.0. The summed E-state index contributed by atoms with van der Waals surface area (Å²) in [5.41, 5.74) is 8.01. The van der Waals surface area contributed by atoms with Gasteiger partial charge in [0.2, 0.25) is 5.75 Å². The molecule has 8 heteroatoms. The van der Waals surface area contributed by atoms with Crippen molar-refractivity contribution in [2.24, 2.45) is 5.10 Å². The van der Waals surface area contributed by atoms with Gasteiger partial charge in [-0.1, -0.05) is 0 Å². The van der Waals surface area contributed by atoms with Crippen molar-refractivity contribution < 1.29 is 23.7 Å². The van der Waals surface area contributed by atoms with E-state index in [4.69, 9.17) is 18.6 Å². The van der Waals surface area contributed by atoms with Gasteiger partial charge in [0.25, 0.3) is 0 Å². The highest BCUT2D eigenvalue weighted by molar-refractivity contribution is 6.09. The summed E-state index contributed by atoms with van der Waals surface area (Å²) in [5, 5.41) is 16.5. The molecule has 0 amide bonds. The first kappa shape index (κ1) is 21.2. The molecule has 0 saturated heterocycles. The van der Waals surface area contributed by atoms with E-state index in [0.717, 1.165) is 35.2 Å². The number of fused-ring (bicyclic) bond motifs is 3. The fraction of sp³-hybridized carbons (Fsp3) is 0.360. The Morgan fingerprint density at radius 3 is 2.42 bits per heavy atom. The molecule has 5 rings (SSSR count). The van der Waals surface area contributed by atoms with Gasteiger partial charge in [0, 0.05) is 17.5 Å². The van der Waals surface area contributed by atoms with Crippen molar-refractivity contribution in [2.45, 2.75) is 38.6 Å². The zero-order valence-electron chi connectivity index (χ0n) is 19.1. The van der Waals surface area contributed by atoms with Crippen LogP contribution in [0.2, 0.25) is 0 Å². The van der Waals surface area contributed by atoms with Gasteiger partial charge in [-0.3, -0.25) is 0 Å². The van der Waals surface area contributed by atoms with Crippen LogP contribution in [-0.2, 0) is 12.8 Å². The number of hydrazone groups is 1. The Morgan fingerprint density at radius 1 is 1.06 bits per heavy atom. The Kier molecular flexibility index (Phi) is 5.15. The van der Waals surface area contributed by atoms with E-state index in [9.17, 15) is 9.90 Å². The number of aryl methyl sites for hydroxylation is 2. The highest BCUT2D eigenvalue weighted by Crippen LogP contribution is 2.43. The van der Waals surface area contributed by atoms with E-state index < -0.39 is 0 Å². The van der Waals surface area contributed by atoms with Crippen molar-refractivity contribution in [1.29, 1.82) is 0 Å². The summed E-state index contributed by atoms with van der Waals surface area (Å²) in [6.07, 6.45) is 2.87. The summed E-state index contributed by atoms with van der Waals surface area (Å²) in [6.45, 7) is 1.89. The first-order valence-corrected chi connectivity index (χ1v) is 10.9. The third kappa shape index (κ3) is 3.28. The molecule has 0 fully saturated rings. The van der Waals surface area contributed by atoms with Crippen LogP contribution in [-0.4, -0.2) is 32.1 Å². The Hall–Kier alpha value is -3.68. The molecule has 1 aromatic heterocycles. The highest BCUT2D eigenvalue weighted by Gasteiger charge is 2.29. The summed E-state index contributed by atoms with van der Waals surface area (Å²) in [4.78, 5) is 12.3. The average molecular weight is 450 g/mol. The number of aromatic hydroxyl groups is 1. The molecule has 2 N–H and O–H groups in total.